The van der Waals surface area contributed by atoms with Crippen LogP contribution < -0.4 is 9.64 Å². The summed E-state index contributed by atoms with van der Waals surface area (Å²) in [6.07, 6.45) is 11.4. The summed E-state index contributed by atoms with van der Waals surface area (Å²) >= 11 is 0. The van der Waals surface area contributed by atoms with Gasteiger partial charge in [0.05, 0.1) is 12.8 Å². The zero-order valence-electron chi connectivity index (χ0n) is 28.3. The second kappa shape index (κ2) is 14.2. The van der Waals surface area contributed by atoms with Gasteiger partial charge in [0.2, 0.25) is 5.91 Å². The largest absolute Gasteiger partial charge is 0.495 e. The minimum Gasteiger partial charge on any atom is -0.495 e. The summed E-state index contributed by atoms with van der Waals surface area (Å²) in [4.78, 5) is 55.8. The van der Waals surface area contributed by atoms with Crippen molar-refractivity contribution in [2.45, 2.75) is 102 Å². The summed E-state index contributed by atoms with van der Waals surface area (Å²) in [6, 6.07) is 7.11. The fraction of sp³-hybridized carbons (Fsp3) is 0.568. The maximum absolute atomic E-state index is 14.4. The molecule has 0 spiro atoms. The Morgan fingerprint density at radius 3 is 2.37 bits per heavy atom. The highest BCUT2D eigenvalue weighted by atomic mass is 16.6. The van der Waals surface area contributed by atoms with Crippen LogP contribution >= 0.6 is 0 Å². The standard InChI is InChI=1S/C37H45N5O7/c1-22-32(47-2)14-13-29(39-22)24-5-3-23(4-6-24)20-42(33-19-27(15-17-38-33)30-21-48-34(40-30)25-7-8-25)35(43)26-9-11-28(12-10-26)49-37(46)41-18-16-31(41)36(44)45/h13-15,17,19,21,23-26,28,31H,3-12,16,18,20H2,1-2H3,(H,44,45). The number of carboxylic acid groups (broad SMARTS) is 1. The number of anilines is 1. The van der Waals surface area contributed by atoms with Crippen molar-refractivity contribution in [1.29, 1.82) is 0 Å². The molecule has 0 aromatic carbocycles. The lowest BCUT2D eigenvalue weighted by molar-refractivity contribution is -0.147. The van der Waals surface area contributed by atoms with Crippen LogP contribution in [0.25, 0.3) is 11.3 Å². The molecule has 49 heavy (non-hydrogen) atoms. The number of aryl methyl sites for hydroxylation is 1. The van der Waals surface area contributed by atoms with E-state index in [-0.39, 0.29) is 17.9 Å². The summed E-state index contributed by atoms with van der Waals surface area (Å²) in [6.45, 7) is 2.94. The number of aromatic nitrogens is 3. The number of nitrogens with zero attached hydrogens (tertiary/aromatic N) is 5. The molecule has 1 saturated heterocycles. The normalized spacial score (nSPS) is 25.3. The zero-order valence-corrected chi connectivity index (χ0v) is 28.3. The van der Waals surface area contributed by atoms with Crippen LogP contribution in [-0.4, -0.2) is 75.3 Å². The van der Waals surface area contributed by atoms with Crippen molar-refractivity contribution in [2.24, 2.45) is 11.8 Å². The van der Waals surface area contributed by atoms with Crippen LogP contribution in [0.4, 0.5) is 10.6 Å². The topological polar surface area (TPSA) is 148 Å². The number of aliphatic carboxylic acids is 1. The first-order valence-corrected chi connectivity index (χ1v) is 17.7. The van der Waals surface area contributed by atoms with Crippen molar-refractivity contribution in [3.63, 3.8) is 0 Å². The molecule has 3 aliphatic carbocycles. The number of amides is 2. The molecule has 7 rings (SSSR count). The predicted molar refractivity (Wildman–Crippen MR) is 179 cm³/mol. The van der Waals surface area contributed by atoms with Gasteiger partial charge in [-0.05, 0) is 108 Å². The number of hydrogen-bond donors (Lipinski definition) is 1. The van der Waals surface area contributed by atoms with Gasteiger partial charge in [-0.25, -0.2) is 19.6 Å². The molecule has 3 aromatic rings. The molecule has 0 radical (unpaired) electrons. The maximum atomic E-state index is 14.4. The molecule has 12 nitrogen and oxygen atoms in total. The number of rotatable bonds is 10. The van der Waals surface area contributed by atoms with Gasteiger partial charge in [0.25, 0.3) is 0 Å². The molecule has 0 bridgehead atoms. The Morgan fingerprint density at radius 1 is 0.959 bits per heavy atom. The van der Waals surface area contributed by atoms with E-state index in [1.54, 1.807) is 19.6 Å². The Kier molecular flexibility index (Phi) is 9.55. The van der Waals surface area contributed by atoms with Crippen LogP contribution in [0.2, 0.25) is 0 Å². The molecule has 1 atom stereocenters. The number of likely N-dealkylation sites (tertiary alicyclic amines) is 1. The quantitative estimate of drug-likeness (QED) is 0.254. The molecule has 4 fully saturated rings. The molecule has 12 heteroatoms. The third-order valence-electron chi connectivity index (χ3n) is 10.8. The molecular weight excluding hydrogens is 626 g/mol. The molecule has 2 amide bonds. The van der Waals surface area contributed by atoms with Gasteiger partial charge in [-0.1, -0.05) is 0 Å². The minimum absolute atomic E-state index is 0.0384. The zero-order chi connectivity index (χ0) is 34.1. The lowest BCUT2D eigenvalue weighted by Crippen LogP contribution is -2.55. The van der Waals surface area contributed by atoms with Crippen LogP contribution in [0.1, 0.15) is 99.7 Å². The maximum Gasteiger partial charge on any atom is 0.410 e. The second-order valence-corrected chi connectivity index (χ2v) is 14.1. The molecule has 260 valence electrons. The molecule has 3 aromatic heterocycles. The van der Waals surface area contributed by atoms with E-state index in [0.717, 1.165) is 72.8 Å². The lowest BCUT2D eigenvalue weighted by atomic mass is 9.79. The summed E-state index contributed by atoms with van der Waals surface area (Å²) < 4.78 is 16.9. The van der Waals surface area contributed by atoms with E-state index in [9.17, 15) is 19.5 Å². The highest BCUT2D eigenvalue weighted by Gasteiger charge is 2.41. The third-order valence-corrected chi connectivity index (χ3v) is 10.8. The van der Waals surface area contributed by atoms with E-state index in [0.29, 0.717) is 68.8 Å². The average molecular weight is 672 g/mol. The molecule has 3 saturated carbocycles. The van der Waals surface area contributed by atoms with Crippen molar-refractivity contribution in [2.75, 3.05) is 25.1 Å². The number of ether oxygens (including phenoxy) is 2. The first-order chi connectivity index (χ1) is 23.8. The van der Waals surface area contributed by atoms with Crippen molar-refractivity contribution in [3.8, 4) is 17.0 Å². The first-order valence-electron chi connectivity index (χ1n) is 17.7. The number of pyridine rings is 2. The van der Waals surface area contributed by atoms with Crippen LogP contribution in [0, 0.1) is 18.8 Å². The van der Waals surface area contributed by atoms with Crippen molar-refractivity contribution >= 4 is 23.8 Å². The molecule has 1 aliphatic heterocycles. The van der Waals surface area contributed by atoms with Crippen LogP contribution in [-0.2, 0) is 14.3 Å². The van der Waals surface area contributed by atoms with Gasteiger partial charge in [0, 0.05) is 48.3 Å². The van der Waals surface area contributed by atoms with Crippen molar-refractivity contribution in [1.82, 2.24) is 19.9 Å². The Bertz CT molecular complexity index is 1670. The Balaban J connectivity index is 1.03. The molecular formula is C37H45N5O7. The van der Waals surface area contributed by atoms with Gasteiger partial charge in [-0.3, -0.25) is 19.6 Å². The number of oxazole rings is 1. The van der Waals surface area contributed by atoms with Gasteiger partial charge in [-0.15, -0.1) is 0 Å². The SMILES string of the molecule is COc1ccc(C2CCC(CN(C(=O)C3CCC(OC(=O)N4CCC4C(=O)O)CC3)c3cc(-c4coc(C5CC5)n4)ccn3)CC2)nc1C. The van der Waals surface area contributed by atoms with Gasteiger partial charge in [0.15, 0.2) is 5.89 Å². The number of carbonyl (C=O) groups is 3. The van der Waals surface area contributed by atoms with Gasteiger partial charge in [-0.2, -0.15) is 0 Å². The predicted octanol–water partition coefficient (Wildman–Crippen LogP) is 6.49. The molecule has 1 unspecified atom stereocenters. The minimum atomic E-state index is -1.01. The Hall–Kier alpha value is -4.48. The summed E-state index contributed by atoms with van der Waals surface area (Å²) in [5.74, 6) is 2.06. The van der Waals surface area contributed by atoms with Crippen LogP contribution in [0.3, 0.4) is 0 Å². The summed E-state index contributed by atoms with van der Waals surface area (Å²) in [5, 5.41) is 9.31. The Morgan fingerprint density at radius 2 is 1.71 bits per heavy atom. The van der Waals surface area contributed by atoms with E-state index >= 15 is 0 Å². The van der Waals surface area contributed by atoms with E-state index < -0.39 is 18.1 Å². The van der Waals surface area contributed by atoms with Crippen LogP contribution in [0.5, 0.6) is 5.75 Å². The molecule has 1 N–H and O–H groups in total. The van der Waals surface area contributed by atoms with Gasteiger partial charge in [0.1, 0.15) is 35.7 Å². The number of carbonyl (C=O) groups excluding carboxylic acids is 2. The number of hydrogen-bond acceptors (Lipinski definition) is 9. The molecule has 4 heterocycles. The van der Waals surface area contributed by atoms with Crippen LogP contribution in [0.15, 0.2) is 41.1 Å². The van der Waals surface area contributed by atoms with E-state index in [1.807, 2.05) is 30.0 Å². The fourth-order valence-corrected chi connectivity index (χ4v) is 7.59. The van der Waals surface area contributed by atoms with Gasteiger partial charge >= 0.3 is 12.1 Å². The van der Waals surface area contributed by atoms with Gasteiger partial charge < -0.3 is 19.0 Å². The fourth-order valence-electron chi connectivity index (χ4n) is 7.59. The van der Waals surface area contributed by atoms with E-state index in [1.165, 1.54) is 4.90 Å². The molecule has 4 aliphatic rings. The van der Waals surface area contributed by atoms with Crippen molar-refractivity contribution in [3.05, 3.63) is 54.0 Å². The van der Waals surface area contributed by atoms with Crippen molar-refractivity contribution < 1.29 is 33.4 Å². The first kappa shape index (κ1) is 33.0. The highest BCUT2D eigenvalue weighted by Crippen LogP contribution is 2.41. The summed E-state index contributed by atoms with van der Waals surface area (Å²) in [5.41, 5.74) is 3.61. The summed E-state index contributed by atoms with van der Waals surface area (Å²) in [7, 11) is 1.66. The lowest BCUT2D eigenvalue weighted by Gasteiger charge is -2.39. The monoisotopic (exact) mass is 671 g/mol. The van der Waals surface area contributed by atoms with E-state index in [2.05, 4.69) is 6.07 Å². The highest BCUT2D eigenvalue weighted by molar-refractivity contribution is 5.94. The number of carboxylic acids is 1. The second-order valence-electron chi connectivity index (χ2n) is 14.1. The Labute approximate surface area is 286 Å². The smallest absolute Gasteiger partial charge is 0.410 e. The van der Waals surface area contributed by atoms with E-state index in [4.69, 9.17) is 28.8 Å². The number of methoxy groups -OCH3 is 1. The third kappa shape index (κ3) is 7.28. The average Bonchev–Trinajstić information content (AvgIpc) is 3.82.